The van der Waals surface area contributed by atoms with E-state index in [0.29, 0.717) is 17.5 Å². The quantitative estimate of drug-likeness (QED) is 0.169. The number of fused-ring (bicyclic) bond motifs is 6. The van der Waals surface area contributed by atoms with Crippen molar-refractivity contribution in [3.8, 4) is 67.5 Å². The van der Waals surface area contributed by atoms with Crippen molar-refractivity contribution < 1.29 is 4.42 Å². The van der Waals surface area contributed by atoms with E-state index in [1.807, 2.05) is 18.2 Å². The maximum Gasteiger partial charge on any atom is 0.167 e. The molecule has 0 unspecified atom stereocenters. The van der Waals surface area contributed by atoms with Crippen molar-refractivity contribution >= 4 is 54.3 Å². The molecule has 0 atom stereocenters. The first-order valence-corrected chi connectivity index (χ1v) is 20.6. The molecule has 4 heteroatoms. The van der Waals surface area contributed by atoms with E-state index in [1.54, 1.807) is 0 Å². The first kappa shape index (κ1) is 34.8. The van der Waals surface area contributed by atoms with Crippen LogP contribution in [0.2, 0.25) is 0 Å². The van der Waals surface area contributed by atoms with Gasteiger partial charge in [0, 0.05) is 21.9 Å². The number of hydrogen-bond acceptors (Lipinski definition) is 4. The third kappa shape index (κ3) is 5.96. The Kier molecular flexibility index (Phi) is 8.13. The molecule has 0 aliphatic carbocycles. The van der Waals surface area contributed by atoms with Crippen molar-refractivity contribution in [2.24, 2.45) is 0 Å². The molecule has 0 saturated heterocycles. The first-order valence-electron chi connectivity index (χ1n) is 20.6. The third-order valence-electron chi connectivity index (χ3n) is 11.9. The monoisotopic (exact) mass is 777 g/mol. The van der Waals surface area contributed by atoms with Gasteiger partial charge in [-0.15, -0.1) is 0 Å². The van der Waals surface area contributed by atoms with E-state index >= 15 is 0 Å². The van der Waals surface area contributed by atoms with Gasteiger partial charge in [-0.05, 0) is 96.0 Å². The Balaban J connectivity index is 1.12. The fraction of sp³-hybridized carbons (Fsp3) is 0. The van der Waals surface area contributed by atoms with Gasteiger partial charge in [-0.1, -0.05) is 182 Å². The molecule has 10 aromatic carbocycles. The van der Waals surface area contributed by atoms with Crippen LogP contribution in [0.1, 0.15) is 0 Å². The van der Waals surface area contributed by atoms with Crippen molar-refractivity contribution in [2.75, 3.05) is 0 Å². The van der Waals surface area contributed by atoms with E-state index in [4.69, 9.17) is 19.4 Å². The average molecular weight is 778 g/mol. The van der Waals surface area contributed by atoms with Gasteiger partial charge in [0.15, 0.2) is 17.5 Å². The Hall–Kier alpha value is -8.21. The highest BCUT2D eigenvalue weighted by molar-refractivity contribution is 6.10. The molecule has 0 aliphatic rings. The Morgan fingerprint density at radius 1 is 0.279 bits per heavy atom. The average Bonchev–Trinajstić information content (AvgIpc) is 3.72. The molecule has 0 N–H and O–H groups in total. The maximum atomic E-state index is 6.61. The Labute approximate surface area is 352 Å². The van der Waals surface area contributed by atoms with Crippen LogP contribution < -0.4 is 0 Å². The molecule has 284 valence electrons. The van der Waals surface area contributed by atoms with Crippen LogP contribution >= 0.6 is 0 Å². The molecule has 12 rings (SSSR count). The first-order chi connectivity index (χ1) is 30.2. The van der Waals surface area contributed by atoms with Crippen LogP contribution in [-0.4, -0.2) is 15.0 Å². The summed E-state index contributed by atoms with van der Waals surface area (Å²) in [7, 11) is 0. The van der Waals surface area contributed by atoms with Crippen LogP contribution in [0, 0.1) is 0 Å². The molecule has 0 radical (unpaired) electrons. The number of hydrogen-bond donors (Lipinski definition) is 0. The smallest absolute Gasteiger partial charge is 0.167 e. The second kappa shape index (κ2) is 14.3. The van der Waals surface area contributed by atoms with Crippen LogP contribution in [-0.2, 0) is 0 Å². The minimum atomic E-state index is 0.547. The Morgan fingerprint density at radius 3 is 1.69 bits per heavy atom. The molecule has 0 aliphatic heterocycles. The molecule has 4 nitrogen and oxygen atoms in total. The summed E-state index contributed by atoms with van der Waals surface area (Å²) in [5.41, 5.74) is 11.1. The molecule has 2 aromatic heterocycles. The summed E-state index contributed by atoms with van der Waals surface area (Å²) in [4.78, 5) is 16.3. The predicted octanol–water partition coefficient (Wildman–Crippen LogP) is 15.2. The summed E-state index contributed by atoms with van der Waals surface area (Å²) < 4.78 is 6.61. The van der Waals surface area contributed by atoms with Crippen molar-refractivity contribution in [1.82, 2.24) is 15.0 Å². The fourth-order valence-electron chi connectivity index (χ4n) is 9.00. The summed E-state index contributed by atoms with van der Waals surface area (Å²) in [6, 6.07) is 74.7. The predicted molar refractivity (Wildman–Crippen MR) is 252 cm³/mol. The van der Waals surface area contributed by atoms with Gasteiger partial charge in [-0.25, -0.2) is 15.0 Å². The van der Waals surface area contributed by atoms with Gasteiger partial charge in [0.25, 0.3) is 0 Å². The second-order valence-corrected chi connectivity index (χ2v) is 15.5. The van der Waals surface area contributed by atoms with E-state index in [-0.39, 0.29) is 0 Å². The van der Waals surface area contributed by atoms with Crippen LogP contribution in [0.15, 0.2) is 217 Å². The SMILES string of the molecule is c1ccc(-c2cccc(-c3ccc(-c4nc(-c5c(-c6ccc7ccccc7c6)ccc6ccccc56)nc(-c5cccc6c5oc5ccccc56)n4)c4ccccc34)c2)cc1. The lowest BCUT2D eigenvalue weighted by Gasteiger charge is -2.16. The Bertz CT molecular complexity index is 3660. The third-order valence-corrected chi connectivity index (χ3v) is 11.9. The summed E-state index contributed by atoms with van der Waals surface area (Å²) in [5.74, 6) is 1.73. The van der Waals surface area contributed by atoms with E-state index in [9.17, 15) is 0 Å². The highest BCUT2D eigenvalue weighted by atomic mass is 16.3. The van der Waals surface area contributed by atoms with E-state index in [0.717, 1.165) is 82.4 Å². The normalized spacial score (nSPS) is 11.6. The van der Waals surface area contributed by atoms with Crippen molar-refractivity contribution in [2.45, 2.75) is 0 Å². The van der Waals surface area contributed by atoms with Gasteiger partial charge >= 0.3 is 0 Å². The van der Waals surface area contributed by atoms with Crippen molar-refractivity contribution in [1.29, 1.82) is 0 Å². The summed E-state index contributed by atoms with van der Waals surface area (Å²) in [6.07, 6.45) is 0. The van der Waals surface area contributed by atoms with E-state index in [1.165, 1.54) is 21.9 Å². The number of benzene rings is 10. The highest BCUT2D eigenvalue weighted by Gasteiger charge is 2.22. The number of rotatable bonds is 6. The lowest BCUT2D eigenvalue weighted by Crippen LogP contribution is -2.02. The largest absolute Gasteiger partial charge is 0.455 e. The summed E-state index contributed by atoms with van der Waals surface area (Å²) in [6.45, 7) is 0. The van der Waals surface area contributed by atoms with Gasteiger partial charge in [-0.2, -0.15) is 0 Å². The minimum absolute atomic E-state index is 0.547. The number of nitrogens with zero attached hydrogens (tertiary/aromatic N) is 3. The van der Waals surface area contributed by atoms with Gasteiger partial charge in [0.1, 0.15) is 11.2 Å². The number of furan rings is 1. The molecule has 0 saturated carbocycles. The zero-order chi connectivity index (χ0) is 40.3. The second-order valence-electron chi connectivity index (χ2n) is 15.5. The molecule has 0 spiro atoms. The molecule has 2 heterocycles. The highest BCUT2D eigenvalue weighted by Crippen LogP contribution is 2.42. The molecule has 0 bridgehead atoms. The van der Waals surface area contributed by atoms with Crippen LogP contribution in [0.5, 0.6) is 0 Å². The fourth-order valence-corrected chi connectivity index (χ4v) is 9.00. The molecular formula is C57H35N3O. The standard InChI is InChI=1S/C57H35N3O/c1-2-14-36(15-3-1)40-19-12-20-41(34-40)43-32-33-50(47-23-9-8-22-46(43)47)55-58-56(51-26-13-25-49-48-24-10-11-27-52(48)61-54(49)51)60-57(59-55)53-44-21-7-6-17-38(44)30-31-45(53)42-29-28-37-16-4-5-18-39(37)35-42/h1-35H. The Morgan fingerprint density at radius 2 is 0.836 bits per heavy atom. The molecule has 61 heavy (non-hydrogen) atoms. The zero-order valence-electron chi connectivity index (χ0n) is 33.0. The van der Waals surface area contributed by atoms with Crippen LogP contribution in [0.3, 0.4) is 0 Å². The topological polar surface area (TPSA) is 51.8 Å². The molecule has 0 fully saturated rings. The van der Waals surface area contributed by atoms with E-state index < -0.39 is 0 Å². The summed E-state index contributed by atoms with van der Waals surface area (Å²) >= 11 is 0. The zero-order valence-corrected chi connectivity index (χ0v) is 33.0. The lowest BCUT2D eigenvalue weighted by atomic mass is 9.92. The minimum Gasteiger partial charge on any atom is -0.455 e. The number of para-hydroxylation sites is 2. The van der Waals surface area contributed by atoms with E-state index in [2.05, 4.69) is 194 Å². The van der Waals surface area contributed by atoms with Gasteiger partial charge in [-0.3, -0.25) is 0 Å². The van der Waals surface area contributed by atoms with Gasteiger partial charge < -0.3 is 4.42 Å². The molecule has 0 amide bonds. The lowest BCUT2D eigenvalue weighted by molar-refractivity contribution is 0.669. The maximum absolute atomic E-state index is 6.61. The summed E-state index contributed by atoms with van der Waals surface area (Å²) in [5, 5.41) is 8.80. The molecular weight excluding hydrogens is 743 g/mol. The van der Waals surface area contributed by atoms with Crippen molar-refractivity contribution in [3.05, 3.63) is 212 Å². The van der Waals surface area contributed by atoms with Crippen LogP contribution in [0.4, 0.5) is 0 Å². The van der Waals surface area contributed by atoms with Gasteiger partial charge in [0.05, 0.1) is 5.56 Å². The van der Waals surface area contributed by atoms with Gasteiger partial charge in [0.2, 0.25) is 0 Å². The molecule has 12 aromatic rings. The van der Waals surface area contributed by atoms with Crippen LogP contribution in [0.25, 0.3) is 122 Å². The number of aromatic nitrogens is 3. The van der Waals surface area contributed by atoms with Crippen molar-refractivity contribution in [3.63, 3.8) is 0 Å².